The maximum atomic E-state index is 12.3. The Morgan fingerprint density at radius 3 is 2.86 bits per heavy atom. The van der Waals surface area contributed by atoms with Crippen molar-refractivity contribution in [1.29, 1.82) is 0 Å². The van der Waals surface area contributed by atoms with Gasteiger partial charge in [0.1, 0.15) is 0 Å². The summed E-state index contributed by atoms with van der Waals surface area (Å²) in [5.74, 6) is -0.639. The number of amides is 1. The average molecular weight is 303 g/mol. The zero-order valence-corrected chi connectivity index (χ0v) is 12.6. The average Bonchev–Trinajstić information content (AvgIpc) is 3.03. The van der Waals surface area contributed by atoms with Crippen molar-refractivity contribution in [2.75, 3.05) is 20.7 Å². The van der Waals surface area contributed by atoms with Crippen LogP contribution in [0, 0.1) is 5.92 Å². The van der Waals surface area contributed by atoms with Crippen LogP contribution < -0.4 is 0 Å². The lowest BCUT2D eigenvalue weighted by atomic mass is 10.1. The molecule has 1 amide bonds. The van der Waals surface area contributed by atoms with Crippen LogP contribution >= 0.6 is 0 Å². The minimum absolute atomic E-state index is 0.179. The highest BCUT2D eigenvalue weighted by Gasteiger charge is 2.22. The fourth-order valence-corrected chi connectivity index (χ4v) is 1.99. The molecule has 0 saturated heterocycles. The van der Waals surface area contributed by atoms with Gasteiger partial charge in [0, 0.05) is 37.6 Å². The number of hydrogen-bond acceptors (Lipinski definition) is 6. The van der Waals surface area contributed by atoms with Crippen LogP contribution in [0.3, 0.4) is 0 Å². The second-order valence-corrected chi connectivity index (χ2v) is 4.93. The SMILES string of the molecule is COC(=O)[C@@H](C)CN(C)C(=O)c1cc(-c2cccnc2)on1. The first-order valence-electron chi connectivity index (χ1n) is 6.73. The van der Waals surface area contributed by atoms with Gasteiger partial charge in [0.05, 0.1) is 13.0 Å². The van der Waals surface area contributed by atoms with E-state index in [1.165, 1.54) is 12.0 Å². The van der Waals surface area contributed by atoms with Gasteiger partial charge in [-0.3, -0.25) is 14.6 Å². The highest BCUT2D eigenvalue weighted by atomic mass is 16.5. The van der Waals surface area contributed by atoms with E-state index >= 15 is 0 Å². The molecule has 0 saturated carbocycles. The Bertz CT molecular complexity index is 654. The summed E-state index contributed by atoms with van der Waals surface area (Å²) in [7, 11) is 2.92. The number of aromatic nitrogens is 2. The molecule has 1 atom stereocenters. The molecular formula is C15H17N3O4. The summed E-state index contributed by atoms with van der Waals surface area (Å²) in [4.78, 5) is 29.1. The zero-order chi connectivity index (χ0) is 16.1. The van der Waals surface area contributed by atoms with Crippen LogP contribution in [0.5, 0.6) is 0 Å². The molecule has 0 aliphatic carbocycles. The molecular weight excluding hydrogens is 286 g/mol. The van der Waals surface area contributed by atoms with Crippen molar-refractivity contribution in [2.24, 2.45) is 5.92 Å². The highest BCUT2D eigenvalue weighted by Crippen LogP contribution is 2.19. The number of methoxy groups -OCH3 is 1. The summed E-state index contributed by atoms with van der Waals surface area (Å²) < 4.78 is 9.81. The molecule has 0 spiro atoms. The number of ether oxygens (including phenoxy) is 1. The predicted octanol–water partition coefficient (Wildman–Crippen LogP) is 1.62. The molecule has 0 aromatic carbocycles. The van der Waals surface area contributed by atoms with Gasteiger partial charge in [0.2, 0.25) is 0 Å². The third-order valence-electron chi connectivity index (χ3n) is 3.17. The van der Waals surface area contributed by atoms with Crippen LogP contribution in [-0.4, -0.2) is 47.6 Å². The number of nitrogens with zero attached hydrogens (tertiary/aromatic N) is 3. The Morgan fingerprint density at radius 1 is 1.45 bits per heavy atom. The fraction of sp³-hybridized carbons (Fsp3) is 0.333. The first-order chi connectivity index (χ1) is 10.5. The van der Waals surface area contributed by atoms with E-state index < -0.39 is 5.92 Å². The van der Waals surface area contributed by atoms with Gasteiger partial charge in [-0.05, 0) is 12.1 Å². The Hall–Kier alpha value is -2.70. The number of pyridine rings is 1. The smallest absolute Gasteiger partial charge is 0.310 e. The van der Waals surface area contributed by atoms with Gasteiger partial charge < -0.3 is 14.2 Å². The number of esters is 1. The molecule has 0 N–H and O–H groups in total. The van der Waals surface area contributed by atoms with E-state index in [-0.39, 0.29) is 24.1 Å². The van der Waals surface area contributed by atoms with Crippen molar-refractivity contribution >= 4 is 11.9 Å². The number of carbonyl (C=O) groups excluding carboxylic acids is 2. The van der Waals surface area contributed by atoms with E-state index in [9.17, 15) is 9.59 Å². The van der Waals surface area contributed by atoms with Crippen LogP contribution in [-0.2, 0) is 9.53 Å². The zero-order valence-electron chi connectivity index (χ0n) is 12.6. The number of carbonyl (C=O) groups is 2. The van der Waals surface area contributed by atoms with E-state index in [2.05, 4.69) is 14.9 Å². The summed E-state index contributed by atoms with van der Waals surface area (Å²) >= 11 is 0. The van der Waals surface area contributed by atoms with Gasteiger partial charge >= 0.3 is 5.97 Å². The predicted molar refractivity (Wildman–Crippen MR) is 77.9 cm³/mol. The molecule has 7 nitrogen and oxygen atoms in total. The van der Waals surface area contributed by atoms with E-state index in [1.807, 2.05) is 6.07 Å². The minimum Gasteiger partial charge on any atom is -0.469 e. The van der Waals surface area contributed by atoms with E-state index in [1.54, 1.807) is 38.5 Å². The summed E-state index contributed by atoms with van der Waals surface area (Å²) in [5.41, 5.74) is 0.915. The van der Waals surface area contributed by atoms with Crippen LogP contribution in [0.2, 0.25) is 0 Å². The van der Waals surface area contributed by atoms with Crippen LogP contribution in [0.1, 0.15) is 17.4 Å². The van der Waals surface area contributed by atoms with Crippen molar-refractivity contribution in [3.63, 3.8) is 0 Å². The molecule has 0 aliphatic heterocycles. The van der Waals surface area contributed by atoms with Crippen LogP contribution in [0.15, 0.2) is 35.1 Å². The molecule has 7 heteroatoms. The maximum absolute atomic E-state index is 12.3. The maximum Gasteiger partial charge on any atom is 0.310 e. The third kappa shape index (κ3) is 3.49. The lowest BCUT2D eigenvalue weighted by Gasteiger charge is -2.18. The van der Waals surface area contributed by atoms with E-state index in [0.29, 0.717) is 5.76 Å². The molecule has 2 aromatic rings. The van der Waals surface area contributed by atoms with Gasteiger partial charge in [0.25, 0.3) is 5.91 Å². The number of rotatable bonds is 5. The standard InChI is InChI=1S/C15H17N3O4/c1-10(15(20)21-3)9-18(2)14(19)12-7-13(22-17-12)11-5-4-6-16-8-11/h4-8,10H,9H2,1-3H3/t10-/m0/s1. The van der Waals surface area contributed by atoms with Gasteiger partial charge in [-0.2, -0.15) is 0 Å². The molecule has 0 radical (unpaired) electrons. The molecule has 22 heavy (non-hydrogen) atoms. The van der Waals surface area contributed by atoms with Crippen molar-refractivity contribution in [3.05, 3.63) is 36.3 Å². The summed E-state index contributed by atoms with van der Waals surface area (Å²) in [5, 5.41) is 3.78. The van der Waals surface area contributed by atoms with Gasteiger partial charge in [-0.1, -0.05) is 12.1 Å². The largest absolute Gasteiger partial charge is 0.469 e. The lowest BCUT2D eigenvalue weighted by Crippen LogP contribution is -2.34. The lowest BCUT2D eigenvalue weighted by molar-refractivity contribution is -0.145. The first-order valence-corrected chi connectivity index (χ1v) is 6.73. The monoisotopic (exact) mass is 303 g/mol. The third-order valence-corrected chi connectivity index (χ3v) is 3.17. The van der Waals surface area contributed by atoms with Crippen molar-refractivity contribution in [1.82, 2.24) is 15.0 Å². The van der Waals surface area contributed by atoms with Crippen molar-refractivity contribution in [2.45, 2.75) is 6.92 Å². The summed E-state index contributed by atoms with van der Waals surface area (Å²) in [6, 6.07) is 5.13. The van der Waals surface area contributed by atoms with Gasteiger partial charge in [-0.15, -0.1) is 0 Å². The summed E-state index contributed by atoms with van der Waals surface area (Å²) in [6.07, 6.45) is 3.27. The quantitative estimate of drug-likeness (QED) is 0.780. The Labute approximate surface area is 127 Å². The Balaban J connectivity index is 2.07. The molecule has 0 fully saturated rings. The Kier molecular flexibility index (Phi) is 4.88. The molecule has 0 aliphatic rings. The molecule has 2 rings (SSSR count). The minimum atomic E-state index is -0.413. The van der Waals surface area contributed by atoms with Crippen molar-refractivity contribution in [3.8, 4) is 11.3 Å². The molecule has 2 heterocycles. The van der Waals surface area contributed by atoms with Crippen molar-refractivity contribution < 1.29 is 18.8 Å². The fourth-order valence-electron chi connectivity index (χ4n) is 1.99. The second-order valence-electron chi connectivity index (χ2n) is 4.93. The normalized spacial score (nSPS) is 11.8. The Morgan fingerprint density at radius 2 is 2.23 bits per heavy atom. The van der Waals surface area contributed by atoms with Crippen LogP contribution in [0.25, 0.3) is 11.3 Å². The highest BCUT2D eigenvalue weighted by molar-refractivity contribution is 5.93. The first kappa shape index (κ1) is 15.7. The van der Waals surface area contributed by atoms with Crippen LogP contribution in [0.4, 0.5) is 0 Å². The molecule has 2 aromatic heterocycles. The van der Waals surface area contributed by atoms with E-state index in [4.69, 9.17) is 4.52 Å². The molecule has 0 bridgehead atoms. The second kappa shape index (κ2) is 6.84. The molecule has 116 valence electrons. The van der Waals surface area contributed by atoms with Gasteiger partial charge in [-0.25, -0.2) is 0 Å². The topological polar surface area (TPSA) is 85.5 Å². The molecule has 0 unspecified atom stereocenters. The summed E-state index contributed by atoms with van der Waals surface area (Å²) in [6.45, 7) is 1.93. The van der Waals surface area contributed by atoms with E-state index in [0.717, 1.165) is 5.56 Å². The number of hydrogen-bond donors (Lipinski definition) is 0. The van der Waals surface area contributed by atoms with Gasteiger partial charge in [0.15, 0.2) is 11.5 Å².